The number of carbonyl (C=O) groups excluding carboxylic acids is 2. The quantitative estimate of drug-likeness (QED) is 0.675. The summed E-state index contributed by atoms with van der Waals surface area (Å²) in [5.74, 6) is 0.962. The predicted octanol–water partition coefficient (Wildman–Crippen LogP) is 3.30. The number of hydrogen-bond donors (Lipinski definition) is 1. The van der Waals surface area contributed by atoms with Crippen molar-refractivity contribution in [1.82, 2.24) is 10.1 Å². The van der Waals surface area contributed by atoms with Gasteiger partial charge in [0, 0.05) is 30.6 Å². The maximum atomic E-state index is 12.7. The van der Waals surface area contributed by atoms with Gasteiger partial charge in [-0.2, -0.15) is 4.98 Å². The summed E-state index contributed by atoms with van der Waals surface area (Å²) in [7, 11) is 1.56. The van der Waals surface area contributed by atoms with Gasteiger partial charge in [0.25, 0.3) is 5.89 Å². The number of rotatable bonds is 6. The molecule has 1 N–H and O–H groups in total. The summed E-state index contributed by atoms with van der Waals surface area (Å²) < 4.78 is 10.6. The smallest absolute Gasteiger partial charge is 0.257 e. The maximum absolute atomic E-state index is 12.7. The van der Waals surface area contributed by atoms with Crippen molar-refractivity contribution in [3.8, 4) is 17.2 Å². The fourth-order valence-electron chi connectivity index (χ4n) is 3.42. The van der Waals surface area contributed by atoms with Crippen molar-refractivity contribution < 1.29 is 18.8 Å². The van der Waals surface area contributed by atoms with Crippen LogP contribution in [0.3, 0.4) is 0 Å². The van der Waals surface area contributed by atoms with E-state index < -0.39 is 5.92 Å². The molecule has 0 spiro atoms. The van der Waals surface area contributed by atoms with Crippen LogP contribution in [-0.4, -0.2) is 35.6 Å². The highest BCUT2D eigenvalue weighted by Gasteiger charge is 2.36. The number of carbonyl (C=O) groups is 2. The standard InChI is InChI=1S/C22H22N4O4/c1-3-19-24-22(30-25-19)14-8-10-16(11-9-14)23-21(28)15-12-20(27)26(13-15)17-6-4-5-7-18(17)29-2/h4-11,15H,3,12-13H2,1-2H3,(H,23,28)/t15-/m1/s1. The van der Waals surface area contributed by atoms with Crippen molar-refractivity contribution in [1.29, 1.82) is 0 Å². The molecule has 0 aliphatic carbocycles. The van der Waals surface area contributed by atoms with Gasteiger partial charge in [-0.05, 0) is 36.4 Å². The molecule has 1 aliphatic rings. The van der Waals surface area contributed by atoms with Crippen molar-refractivity contribution in [2.45, 2.75) is 19.8 Å². The fourth-order valence-corrected chi connectivity index (χ4v) is 3.42. The van der Waals surface area contributed by atoms with Crippen LogP contribution in [0, 0.1) is 5.92 Å². The second kappa shape index (κ2) is 8.36. The van der Waals surface area contributed by atoms with Crippen LogP contribution in [0.15, 0.2) is 53.1 Å². The van der Waals surface area contributed by atoms with Crippen LogP contribution < -0.4 is 15.0 Å². The average molecular weight is 406 g/mol. The monoisotopic (exact) mass is 406 g/mol. The van der Waals surface area contributed by atoms with E-state index in [1.807, 2.05) is 37.3 Å². The van der Waals surface area contributed by atoms with Crippen LogP contribution in [-0.2, 0) is 16.0 Å². The minimum Gasteiger partial charge on any atom is -0.495 e. The highest BCUT2D eigenvalue weighted by Crippen LogP contribution is 2.33. The van der Waals surface area contributed by atoms with Gasteiger partial charge in [-0.3, -0.25) is 9.59 Å². The van der Waals surface area contributed by atoms with Crippen molar-refractivity contribution in [2.24, 2.45) is 5.92 Å². The first-order valence-corrected chi connectivity index (χ1v) is 9.76. The van der Waals surface area contributed by atoms with E-state index in [1.54, 1.807) is 30.2 Å². The Morgan fingerprint density at radius 3 is 2.70 bits per heavy atom. The van der Waals surface area contributed by atoms with E-state index in [0.717, 1.165) is 5.56 Å². The average Bonchev–Trinajstić information content (AvgIpc) is 3.41. The minimum atomic E-state index is -0.440. The third kappa shape index (κ3) is 3.89. The number of nitrogens with zero attached hydrogens (tertiary/aromatic N) is 3. The molecule has 0 bridgehead atoms. The van der Waals surface area contributed by atoms with E-state index in [9.17, 15) is 9.59 Å². The zero-order valence-corrected chi connectivity index (χ0v) is 16.8. The van der Waals surface area contributed by atoms with Gasteiger partial charge in [0.1, 0.15) is 5.75 Å². The first kappa shape index (κ1) is 19.6. The summed E-state index contributed by atoms with van der Waals surface area (Å²) in [6.45, 7) is 2.26. The number of methoxy groups -OCH3 is 1. The van der Waals surface area contributed by atoms with E-state index in [-0.39, 0.29) is 18.2 Å². The van der Waals surface area contributed by atoms with Gasteiger partial charge in [0.05, 0.1) is 18.7 Å². The summed E-state index contributed by atoms with van der Waals surface area (Å²) >= 11 is 0. The number of aryl methyl sites for hydroxylation is 1. The molecule has 0 unspecified atom stereocenters. The third-order valence-electron chi connectivity index (χ3n) is 5.06. The molecule has 154 valence electrons. The van der Waals surface area contributed by atoms with Crippen LogP contribution in [0.4, 0.5) is 11.4 Å². The minimum absolute atomic E-state index is 0.0990. The third-order valence-corrected chi connectivity index (χ3v) is 5.06. The lowest BCUT2D eigenvalue weighted by atomic mass is 10.1. The zero-order chi connectivity index (χ0) is 21.1. The summed E-state index contributed by atoms with van der Waals surface area (Å²) in [5.41, 5.74) is 2.09. The molecule has 8 nitrogen and oxygen atoms in total. The number of benzene rings is 2. The number of para-hydroxylation sites is 2. The van der Waals surface area contributed by atoms with Crippen molar-refractivity contribution in [2.75, 3.05) is 23.9 Å². The largest absolute Gasteiger partial charge is 0.495 e. The molecule has 30 heavy (non-hydrogen) atoms. The maximum Gasteiger partial charge on any atom is 0.257 e. The Bertz CT molecular complexity index is 1060. The van der Waals surface area contributed by atoms with Crippen LogP contribution in [0.5, 0.6) is 5.75 Å². The Hall–Kier alpha value is -3.68. The number of aromatic nitrogens is 2. The van der Waals surface area contributed by atoms with Crippen LogP contribution in [0.25, 0.3) is 11.5 Å². The fraction of sp³-hybridized carbons (Fsp3) is 0.273. The SMILES string of the molecule is CCc1noc(-c2ccc(NC(=O)[C@@H]3CC(=O)N(c4ccccc4OC)C3)cc2)n1. The number of anilines is 2. The Labute approximate surface area is 173 Å². The zero-order valence-electron chi connectivity index (χ0n) is 16.8. The highest BCUT2D eigenvalue weighted by molar-refractivity contribution is 6.04. The van der Waals surface area contributed by atoms with Gasteiger partial charge in [-0.15, -0.1) is 0 Å². The van der Waals surface area contributed by atoms with E-state index >= 15 is 0 Å². The molecule has 3 aromatic rings. The highest BCUT2D eigenvalue weighted by atomic mass is 16.5. The molecule has 1 saturated heterocycles. The van der Waals surface area contributed by atoms with E-state index in [0.29, 0.717) is 41.8 Å². The van der Waals surface area contributed by atoms with Gasteiger partial charge in [0.15, 0.2) is 5.82 Å². The van der Waals surface area contributed by atoms with E-state index in [1.165, 1.54) is 0 Å². The molecule has 4 rings (SSSR count). The number of hydrogen-bond acceptors (Lipinski definition) is 6. The summed E-state index contributed by atoms with van der Waals surface area (Å²) in [6, 6.07) is 14.5. The Morgan fingerprint density at radius 1 is 1.23 bits per heavy atom. The summed E-state index contributed by atoms with van der Waals surface area (Å²) in [4.78, 5) is 31.1. The van der Waals surface area contributed by atoms with Crippen molar-refractivity contribution >= 4 is 23.2 Å². The van der Waals surface area contributed by atoms with Crippen LogP contribution >= 0.6 is 0 Å². The lowest BCUT2D eigenvalue weighted by molar-refractivity contribution is -0.122. The molecule has 8 heteroatoms. The Balaban J connectivity index is 1.42. The molecule has 0 radical (unpaired) electrons. The van der Waals surface area contributed by atoms with Gasteiger partial charge >= 0.3 is 0 Å². The molecular formula is C22H22N4O4. The molecule has 2 heterocycles. The molecule has 1 fully saturated rings. The first-order valence-electron chi connectivity index (χ1n) is 9.76. The van der Waals surface area contributed by atoms with Gasteiger partial charge < -0.3 is 19.5 Å². The number of amides is 2. The molecule has 1 aliphatic heterocycles. The van der Waals surface area contributed by atoms with Gasteiger partial charge in [0.2, 0.25) is 11.8 Å². The van der Waals surface area contributed by atoms with Gasteiger partial charge in [-0.25, -0.2) is 0 Å². The molecule has 1 atom stereocenters. The first-order chi connectivity index (χ1) is 14.6. The molecule has 1 aromatic heterocycles. The molecule has 0 saturated carbocycles. The van der Waals surface area contributed by atoms with Crippen molar-refractivity contribution in [3.63, 3.8) is 0 Å². The number of ether oxygens (including phenoxy) is 1. The van der Waals surface area contributed by atoms with E-state index in [4.69, 9.17) is 9.26 Å². The van der Waals surface area contributed by atoms with Gasteiger partial charge in [-0.1, -0.05) is 24.2 Å². The molecule has 2 amide bonds. The van der Waals surface area contributed by atoms with Crippen molar-refractivity contribution in [3.05, 3.63) is 54.4 Å². The molecular weight excluding hydrogens is 384 g/mol. The lowest BCUT2D eigenvalue weighted by Gasteiger charge is -2.19. The summed E-state index contributed by atoms with van der Waals surface area (Å²) in [6.07, 6.45) is 0.855. The van der Waals surface area contributed by atoms with E-state index in [2.05, 4.69) is 15.5 Å². The Morgan fingerprint density at radius 2 is 2.00 bits per heavy atom. The Kier molecular flexibility index (Phi) is 5.47. The summed E-state index contributed by atoms with van der Waals surface area (Å²) in [5, 5.41) is 6.77. The van der Waals surface area contributed by atoms with Crippen LogP contribution in [0.2, 0.25) is 0 Å². The second-order valence-electron chi connectivity index (χ2n) is 7.01. The normalized spacial score (nSPS) is 16.0. The molecule has 2 aromatic carbocycles. The van der Waals surface area contributed by atoms with Crippen LogP contribution in [0.1, 0.15) is 19.2 Å². The predicted molar refractivity (Wildman–Crippen MR) is 111 cm³/mol. The lowest BCUT2D eigenvalue weighted by Crippen LogP contribution is -2.28. The number of nitrogens with one attached hydrogen (secondary N) is 1. The second-order valence-corrected chi connectivity index (χ2v) is 7.01. The topological polar surface area (TPSA) is 97.6 Å².